The lowest BCUT2D eigenvalue weighted by molar-refractivity contribution is -0.150. The normalized spacial score (nSPS) is 11.5. The maximum absolute atomic E-state index is 12.2. The molecule has 0 aliphatic carbocycles. The first-order valence-corrected chi connectivity index (χ1v) is 9.26. The van der Waals surface area contributed by atoms with Crippen LogP contribution in [0.2, 0.25) is 0 Å². The number of nitrogens with one attached hydrogen (secondary N) is 1. The number of esters is 1. The minimum atomic E-state index is -0.617. The van der Waals surface area contributed by atoms with Gasteiger partial charge >= 0.3 is 5.97 Å². The Morgan fingerprint density at radius 2 is 1.59 bits per heavy atom. The summed E-state index contributed by atoms with van der Waals surface area (Å²) in [6.45, 7) is 1.26. The van der Waals surface area contributed by atoms with Crippen molar-refractivity contribution < 1.29 is 23.8 Å². The molecule has 3 rings (SSSR count). The van der Waals surface area contributed by atoms with Crippen LogP contribution in [-0.4, -0.2) is 32.2 Å². The number of amides is 1. The third-order valence-corrected chi connectivity index (χ3v) is 4.45. The number of ether oxygens (including phenoxy) is 3. The molecular weight excluding hydrogens is 370 g/mol. The summed E-state index contributed by atoms with van der Waals surface area (Å²) >= 11 is 0. The number of fused-ring (bicyclic) bond motifs is 1. The van der Waals surface area contributed by atoms with Gasteiger partial charge in [-0.3, -0.25) is 4.79 Å². The van der Waals surface area contributed by atoms with Crippen molar-refractivity contribution in [3.05, 3.63) is 72.3 Å². The number of hydrogen-bond acceptors (Lipinski definition) is 5. The molecule has 1 N–H and O–H groups in total. The maximum Gasteiger partial charge on any atom is 0.344 e. The first-order chi connectivity index (χ1) is 14.1. The molecule has 0 aromatic heterocycles. The third kappa shape index (κ3) is 5.48. The Morgan fingerprint density at radius 3 is 2.34 bits per heavy atom. The molecule has 0 spiro atoms. The average Bonchev–Trinajstić information content (AvgIpc) is 2.76. The monoisotopic (exact) mass is 393 g/mol. The molecule has 0 fully saturated rings. The number of rotatable bonds is 8. The lowest BCUT2D eigenvalue weighted by Crippen LogP contribution is -2.32. The van der Waals surface area contributed by atoms with Crippen LogP contribution in [0.1, 0.15) is 18.5 Å². The Balaban J connectivity index is 1.46. The number of carbonyl (C=O) groups is 2. The average molecular weight is 393 g/mol. The number of methoxy groups -OCH3 is 1. The predicted molar refractivity (Wildman–Crippen MR) is 110 cm³/mol. The quantitative estimate of drug-likeness (QED) is 0.592. The van der Waals surface area contributed by atoms with E-state index in [0.29, 0.717) is 11.5 Å². The van der Waals surface area contributed by atoms with Gasteiger partial charge in [0.15, 0.2) is 13.2 Å². The van der Waals surface area contributed by atoms with Gasteiger partial charge in [0.05, 0.1) is 13.2 Å². The summed E-state index contributed by atoms with van der Waals surface area (Å²) in [5.74, 6) is 0.214. The smallest absolute Gasteiger partial charge is 0.344 e. The van der Waals surface area contributed by atoms with E-state index >= 15 is 0 Å². The van der Waals surface area contributed by atoms with E-state index in [-0.39, 0.29) is 25.2 Å². The standard InChI is InChI=1S/C23H23NO5/c1-16(20-9-5-7-17-6-3-4-8-21(17)20)24-22(25)14-29-23(26)15-28-19-12-10-18(27-2)11-13-19/h3-13,16H,14-15H2,1-2H3,(H,24,25)/t16-/m0/s1. The number of carbonyl (C=O) groups excluding carboxylic acids is 2. The van der Waals surface area contributed by atoms with Crippen molar-refractivity contribution in [2.75, 3.05) is 20.3 Å². The Bertz CT molecular complexity index is 979. The Labute approximate surface area is 169 Å². The molecule has 0 aliphatic heterocycles. The Kier molecular flexibility index (Phi) is 6.68. The minimum Gasteiger partial charge on any atom is -0.497 e. The van der Waals surface area contributed by atoms with Gasteiger partial charge < -0.3 is 19.5 Å². The van der Waals surface area contributed by atoms with Crippen molar-refractivity contribution in [1.29, 1.82) is 0 Å². The van der Waals surface area contributed by atoms with Gasteiger partial charge in [-0.05, 0) is 47.5 Å². The predicted octanol–water partition coefficient (Wildman–Crippen LogP) is 3.65. The molecule has 3 aromatic rings. The van der Waals surface area contributed by atoms with Crippen LogP contribution in [0.3, 0.4) is 0 Å². The molecule has 1 atom stereocenters. The van der Waals surface area contributed by atoms with Crippen molar-refractivity contribution in [3.8, 4) is 11.5 Å². The second-order valence-electron chi connectivity index (χ2n) is 6.48. The van der Waals surface area contributed by atoms with Gasteiger partial charge in [-0.2, -0.15) is 0 Å². The fourth-order valence-electron chi connectivity index (χ4n) is 2.99. The van der Waals surface area contributed by atoms with E-state index in [1.54, 1.807) is 31.4 Å². The van der Waals surface area contributed by atoms with Crippen molar-refractivity contribution >= 4 is 22.6 Å². The molecule has 3 aromatic carbocycles. The molecule has 29 heavy (non-hydrogen) atoms. The molecule has 0 saturated heterocycles. The summed E-state index contributed by atoms with van der Waals surface area (Å²) in [6, 6.07) is 20.5. The van der Waals surface area contributed by atoms with Crippen LogP contribution >= 0.6 is 0 Å². The highest BCUT2D eigenvalue weighted by molar-refractivity contribution is 5.87. The van der Waals surface area contributed by atoms with Gasteiger partial charge in [0.1, 0.15) is 11.5 Å². The van der Waals surface area contributed by atoms with E-state index in [0.717, 1.165) is 16.3 Å². The summed E-state index contributed by atoms with van der Waals surface area (Å²) < 4.78 is 15.4. The highest BCUT2D eigenvalue weighted by Gasteiger charge is 2.14. The van der Waals surface area contributed by atoms with Crippen LogP contribution in [0.15, 0.2) is 66.7 Å². The fourth-order valence-corrected chi connectivity index (χ4v) is 2.99. The van der Waals surface area contributed by atoms with Crippen molar-refractivity contribution in [3.63, 3.8) is 0 Å². The second kappa shape index (κ2) is 9.59. The Morgan fingerprint density at radius 1 is 0.897 bits per heavy atom. The van der Waals surface area contributed by atoms with Gasteiger partial charge in [0.25, 0.3) is 5.91 Å². The van der Waals surface area contributed by atoms with Crippen LogP contribution in [0, 0.1) is 0 Å². The first-order valence-electron chi connectivity index (χ1n) is 9.26. The topological polar surface area (TPSA) is 73.9 Å². The number of hydrogen-bond donors (Lipinski definition) is 1. The molecule has 0 heterocycles. The lowest BCUT2D eigenvalue weighted by atomic mass is 10.00. The molecule has 0 unspecified atom stereocenters. The summed E-state index contributed by atoms with van der Waals surface area (Å²) in [5.41, 5.74) is 1.01. The van der Waals surface area contributed by atoms with Gasteiger partial charge in [0, 0.05) is 0 Å². The van der Waals surface area contributed by atoms with Crippen LogP contribution in [0.4, 0.5) is 0 Å². The van der Waals surface area contributed by atoms with E-state index in [1.165, 1.54) is 0 Å². The zero-order valence-electron chi connectivity index (χ0n) is 16.4. The third-order valence-electron chi connectivity index (χ3n) is 4.45. The zero-order valence-corrected chi connectivity index (χ0v) is 16.4. The zero-order chi connectivity index (χ0) is 20.6. The van der Waals surface area contributed by atoms with Crippen LogP contribution < -0.4 is 14.8 Å². The van der Waals surface area contributed by atoms with Crippen LogP contribution in [0.5, 0.6) is 11.5 Å². The van der Waals surface area contributed by atoms with Crippen molar-refractivity contribution in [2.24, 2.45) is 0 Å². The van der Waals surface area contributed by atoms with Gasteiger partial charge in [0.2, 0.25) is 0 Å². The summed E-state index contributed by atoms with van der Waals surface area (Å²) in [7, 11) is 1.57. The molecule has 0 radical (unpaired) electrons. The van der Waals surface area contributed by atoms with Crippen LogP contribution in [-0.2, 0) is 14.3 Å². The van der Waals surface area contributed by atoms with E-state index in [4.69, 9.17) is 14.2 Å². The number of benzene rings is 3. The summed E-state index contributed by atoms with van der Waals surface area (Å²) in [5, 5.41) is 5.04. The van der Waals surface area contributed by atoms with E-state index in [2.05, 4.69) is 5.32 Å². The molecular formula is C23H23NO5. The first kappa shape index (κ1) is 20.2. The summed E-state index contributed by atoms with van der Waals surface area (Å²) in [6.07, 6.45) is 0. The van der Waals surface area contributed by atoms with Gasteiger partial charge in [-0.1, -0.05) is 42.5 Å². The lowest BCUT2D eigenvalue weighted by Gasteiger charge is -2.16. The molecule has 150 valence electrons. The second-order valence-corrected chi connectivity index (χ2v) is 6.48. The van der Waals surface area contributed by atoms with E-state index < -0.39 is 5.97 Å². The molecule has 6 heteroatoms. The van der Waals surface area contributed by atoms with Crippen LogP contribution in [0.25, 0.3) is 10.8 Å². The molecule has 6 nitrogen and oxygen atoms in total. The Hall–Kier alpha value is -3.54. The van der Waals surface area contributed by atoms with E-state index in [1.807, 2.05) is 49.4 Å². The minimum absolute atomic E-state index is 0.220. The molecule has 0 bridgehead atoms. The van der Waals surface area contributed by atoms with Crippen molar-refractivity contribution in [1.82, 2.24) is 5.32 Å². The molecule has 0 aliphatic rings. The fraction of sp³-hybridized carbons (Fsp3) is 0.217. The highest BCUT2D eigenvalue weighted by Crippen LogP contribution is 2.24. The van der Waals surface area contributed by atoms with Gasteiger partial charge in [-0.15, -0.1) is 0 Å². The maximum atomic E-state index is 12.2. The highest BCUT2D eigenvalue weighted by atomic mass is 16.6. The van der Waals surface area contributed by atoms with Crippen molar-refractivity contribution in [2.45, 2.75) is 13.0 Å². The molecule has 0 saturated carbocycles. The van der Waals surface area contributed by atoms with E-state index in [9.17, 15) is 9.59 Å². The molecule has 1 amide bonds. The SMILES string of the molecule is COc1ccc(OCC(=O)OCC(=O)N[C@@H](C)c2cccc3ccccc23)cc1. The van der Waals surface area contributed by atoms with Gasteiger partial charge in [-0.25, -0.2) is 4.79 Å². The largest absolute Gasteiger partial charge is 0.497 e. The summed E-state index contributed by atoms with van der Waals surface area (Å²) in [4.78, 5) is 24.0.